The SMILES string of the molecule is CC(C)(C)c1ccc(SC(CN)c2ccc(Br)cc2)cc1. The first-order valence-corrected chi connectivity index (χ1v) is 8.80. The highest BCUT2D eigenvalue weighted by Crippen LogP contribution is 2.35. The van der Waals surface area contributed by atoms with Gasteiger partial charge >= 0.3 is 0 Å². The van der Waals surface area contributed by atoms with Gasteiger partial charge in [0.2, 0.25) is 0 Å². The van der Waals surface area contributed by atoms with Gasteiger partial charge in [-0.15, -0.1) is 11.8 Å². The minimum Gasteiger partial charge on any atom is -0.329 e. The zero-order chi connectivity index (χ0) is 15.5. The lowest BCUT2D eigenvalue weighted by atomic mass is 9.87. The number of thioether (sulfide) groups is 1. The molecule has 0 amide bonds. The molecule has 1 nitrogen and oxygen atoms in total. The van der Waals surface area contributed by atoms with Crippen molar-refractivity contribution in [1.82, 2.24) is 0 Å². The lowest BCUT2D eigenvalue weighted by Crippen LogP contribution is -2.11. The van der Waals surface area contributed by atoms with Crippen LogP contribution in [0.5, 0.6) is 0 Å². The van der Waals surface area contributed by atoms with Gasteiger partial charge in [-0.2, -0.15) is 0 Å². The van der Waals surface area contributed by atoms with Crippen molar-refractivity contribution < 1.29 is 0 Å². The number of rotatable bonds is 4. The Hall–Kier alpha value is -0.770. The second kappa shape index (κ2) is 6.99. The monoisotopic (exact) mass is 363 g/mol. The van der Waals surface area contributed by atoms with Crippen LogP contribution in [0.4, 0.5) is 0 Å². The van der Waals surface area contributed by atoms with Crippen molar-refractivity contribution in [3.8, 4) is 0 Å². The van der Waals surface area contributed by atoms with E-state index in [4.69, 9.17) is 5.73 Å². The molecule has 112 valence electrons. The third-order valence-corrected chi connectivity index (χ3v) is 5.28. The van der Waals surface area contributed by atoms with Crippen molar-refractivity contribution in [2.45, 2.75) is 36.3 Å². The fourth-order valence-corrected chi connectivity index (χ4v) is 3.40. The normalized spacial score (nSPS) is 13.2. The van der Waals surface area contributed by atoms with E-state index in [-0.39, 0.29) is 5.41 Å². The molecule has 3 heteroatoms. The first-order chi connectivity index (χ1) is 9.90. The molecule has 0 aliphatic rings. The molecule has 0 bridgehead atoms. The Balaban J connectivity index is 2.13. The number of hydrogen-bond donors (Lipinski definition) is 1. The highest BCUT2D eigenvalue weighted by atomic mass is 79.9. The summed E-state index contributed by atoms with van der Waals surface area (Å²) < 4.78 is 1.10. The third kappa shape index (κ3) is 4.60. The van der Waals surface area contributed by atoms with Crippen molar-refractivity contribution in [3.05, 3.63) is 64.1 Å². The van der Waals surface area contributed by atoms with Gasteiger partial charge in [0.15, 0.2) is 0 Å². The number of halogens is 1. The summed E-state index contributed by atoms with van der Waals surface area (Å²) >= 11 is 5.30. The standard InChI is InChI=1S/C18H22BrNS/c1-18(2,3)14-6-10-16(11-7-14)21-17(12-20)13-4-8-15(19)9-5-13/h4-11,17H,12,20H2,1-3H3. The molecule has 0 saturated carbocycles. The summed E-state index contributed by atoms with van der Waals surface area (Å²) in [5, 5.41) is 0.290. The van der Waals surface area contributed by atoms with Gasteiger partial charge in [-0.3, -0.25) is 0 Å². The first kappa shape index (κ1) is 16.6. The minimum absolute atomic E-state index is 0.197. The molecule has 2 N–H and O–H groups in total. The van der Waals surface area contributed by atoms with Gasteiger partial charge in [-0.1, -0.05) is 61.0 Å². The summed E-state index contributed by atoms with van der Waals surface area (Å²) in [7, 11) is 0. The number of benzene rings is 2. The van der Waals surface area contributed by atoms with Gasteiger partial charge in [-0.25, -0.2) is 0 Å². The van der Waals surface area contributed by atoms with Gasteiger partial charge in [-0.05, 0) is 40.8 Å². The Morgan fingerprint density at radius 2 is 1.57 bits per heavy atom. The van der Waals surface area contributed by atoms with Gasteiger partial charge in [0.1, 0.15) is 0 Å². The molecule has 21 heavy (non-hydrogen) atoms. The van der Waals surface area contributed by atoms with Gasteiger partial charge in [0.25, 0.3) is 0 Å². The molecule has 0 aliphatic heterocycles. The second-order valence-electron chi connectivity index (χ2n) is 6.17. The zero-order valence-electron chi connectivity index (χ0n) is 12.8. The third-order valence-electron chi connectivity index (χ3n) is 3.45. The smallest absolute Gasteiger partial charge is 0.0466 e. The molecule has 2 aromatic carbocycles. The highest BCUT2D eigenvalue weighted by molar-refractivity contribution is 9.10. The Morgan fingerprint density at radius 3 is 2.05 bits per heavy atom. The molecule has 1 unspecified atom stereocenters. The van der Waals surface area contributed by atoms with Gasteiger partial charge in [0, 0.05) is 21.2 Å². The first-order valence-electron chi connectivity index (χ1n) is 7.13. The Morgan fingerprint density at radius 1 is 1.00 bits per heavy atom. The summed E-state index contributed by atoms with van der Waals surface area (Å²) in [6, 6.07) is 17.3. The van der Waals surface area contributed by atoms with Crippen molar-refractivity contribution >= 4 is 27.7 Å². The molecule has 0 aromatic heterocycles. The van der Waals surface area contributed by atoms with Crippen LogP contribution in [0, 0.1) is 0 Å². The topological polar surface area (TPSA) is 26.0 Å². The van der Waals surface area contributed by atoms with Crippen LogP contribution in [0.1, 0.15) is 37.1 Å². The Labute approximate surface area is 140 Å². The van der Waals surface area contributed by atoms with Crippen LogP contribution in [0.15, 0.2) is 57.9 Å². The molecular formula is C18H22BrNS. The quantitative estimate of drug-likeness (QED) is 0.721. The zero-order valence-corrected chi connectivity index (χ0v) is 15.2. The van der Waals surface area contributed by atoms with E-state index in [0.29, 0.717) is 11.8 Å². The summed E-state index contributed by atoms with van der Waals surface area (Å²) in [6.07, 6.45) is 0. The molecular weight excluding hydrogens is 342 g/mol. The van der Waals surface area contributed by atoms with Crippen LogP contribution in [0.3, 0.4) is 0 Å². The van der Waals surface area contributed by atoms with E-state index in [1.165, 1.54) is 16.0 Å². The number of hydrogen-bond acceptors (Lipinski definition) is 2. The minimum atomic E-state index is 0.197. The average Bonchev–Trinajstić information content (AvgIpc) is 2.45. The van der Waals surface area contributed by atoms with Crippen LogP contribution >= 0.6 is 27.7 Å². The van der Waals surface area contributed by atoms with E-state index >= 15 is 0 Å². The predicted molar refractivity (Wildman–Crippen MR) is 96.9 cm³/mol. The molecule has 0 radical (unpaired) electrons. The van der Waals surface area contributed by atoms with E-state index in [1.807, 2.05) is 11.8 Å². The van der Waals surface area contributed by atoms with Crippen molar-refractivity contribution in [3.63, 3.8) is 0 Å². The molecule has 0 aliphatic carbocycles. The van der Waals surface area contributed by atoms with E-state index in [0.717, 1.165) is 4.47 Å². The molecule has 2 aromatic rings. The molecule has 2 rings (SSSR count). The molecule has 0 fully saturated rings. The van der Waals surface area contributed by atoms with Crippen molar-refractivity contribution in [2.75, 3.05) is 6.54 Å². The predicted octanol–water partition coefficient (Wildman–Crippen LogP) is 5.54. The maximum atomic E-state index is 5.96. The Kier molecular flexibility index (Phi) is 5.53. The number of nitrogens with two attached hydrogens (primary N) is 1. The van der Waals surface area contributed by atoms with Crippen LogP contribution < -0.4 is 5.73 Å². The van der Waals surface area contributed by atoms with Crippen molar-refractivity contribution in [1.29, 1.82) is 0 Å². The summed E-state index contributed by atoms with van der Waals surface area (Å²) in [5.41, 5.74) is 8.78. The summed E-state index contributed by atoms with van der Waals surface area (Å²) in [6.45, 7) is 7.34. The summed E-state index contributed by atoms with van der Waals surface area (Å²) in [5.74, 6) is 0. The fourth-order valence-electron chi connectivity index (χ4n) is 2.13. The van der Waals surface area contributed by atoms with Gasteiger partial charge in [0.05, 0.1) is 0 Å². The van der Waals surface area contributed by atoms with Crippen LogP contribution in [-0.2, 0) is 5.41 Å². The highest BCUT2D eigenvalue weighted by Gasteiger charge is 2.15. The van der Waals surface area contributed by atoms with Crippen molar-refractivity contribution in [2.24, 2.45) is 5.73 Å². The molecule has 0 saturated heterocycles. The van der Waals surface area contributed by atoms with Crippen LogP contribution in [0.2, 0.25) is 0 Å². The average molecular weight is 364 g/mol. The summed E-state index contributed by atoms with van der Waals surface area (Å²) in [4.78, 5) is 1.27. The maximum Gasteiger partial charge on any atom is 0.0466 e. The van der Waals surface area contributed by atoms with E-state index in [9.17, 15) is 0 Å². The lowest BCUT2D eigenvalue weighted by Gasteiger charge is -2.20. The van der Waals surface area contributed by atoms with E-state index < -0.39 is 0 Å². The molecule has 1 atom stereocenters. The maximum absolute atomic E-state index is 5.96. The molecule has 0 heterocycles. The van der Waals surface area contributed by atoms with E-state index in [1.54, 1.807) is 0 Å². The Bertz CT molecular complexity index is 570. The lowest BCUT2D eigenvalue weighted by molar-refractivity contribution is 0.590. The van der Waals surface area contributed by atoms with Crippen LogP contribution in [-0.4, -0.2) is 6.54 Å². The second-order valence-corrected chi connectivity index (χ2v) is 8.36. The van der Waals surface area contributed by atoms with E-state index in [2.05, 4.69) is 85.2 Å². The van der Waals surface area contributed by atoms with Gasteiger partial charge < -0.3 is 5.73 Å². The molecule has 0 spiro atoms. The van der Waals surface area contributed by atoms with Crippen LogP contribution in [0.25, 0.3) is 0 Å². The largest absolute Gasteiger partial charge is 0.329 e. The fraction of sp³-hybridized carbons (Fsp3) is 0.333.